The molecule has 0 amide bonds. The van der Waals surface area contributed by atoms with Gasteiger partial charge in [-0.1, -0.05) is 34.1 Å². The minimum absolute atomic E-state index is 0.0926. The van der Waals surface area contributed by atoms with Crippen LogP contribution >= 0.6 is 15.9 Å². The van der Waals surface area contributed by atoms with E-state index in [0.717, 1.165) is 0 Å². The number of halogens is 3. The van der Waals surface area contributed by atoms with Crippen molar-refractivity contribution in [3.05, 3.63) is 34.3 Å². The maximum absolute atomic E-state index is 12.4. The van der Waals surface area contributed by atoms with Crippen LogP contribution in [-0.4, -0.2) is 17.5 Å². The Hall–Kier alpha value is -0.970. The average Bonchev–Trinajstić information content (AvgIpc) is 2.07. The lowest BCUT2D eigenvalue weighted by molar-refractivity contribution is -0.142. The number of hydrogen-bond donors (Lipinski definition) is 1. The zero-order chi connectivity index (χ0) is 10.7. The molecule has 1 N–H and O–H groups in total. The van der Waals surface area contributed by atoms with Gasteiger partial charge in [0.1, 0.15) is 5.92 Å². The highest BCUT2D eigenvalue weighted by Gasteiger charge is 2.31. The van der Waals surface area contributed by atoms with Gasteiger partial charge in [0.2, 0.25) is 0 Å². The van der Waals surface area contributed by atoms with E-state index in [1.54, 1.807) is 6.07 Å². The molecule has 0 saturated carbocycles. The number of carboxylic acids is 1. The van der Waals surface area contributed by atoms with Gasteiger partial charge in [-0.2, -0.15) is 0 Å². The second kappa shape index (κ2) is 4.50. The maximum Gasteiger partial charge on any atom is 0.316 e. The predicted molar refractivity (Wildman–Crippen MR) is 50.5 cm³/mol. The van der Waals surface area contributed by atoms with Crippen molar-refractivity contribution in [2.75, 3.05) is 0 Å². The smallest absolute Gasteiger partial charge is 0.316 e. The number of carbonyl (C=O) groups is 1. The second-order valence-electron chi connectivity index (χ2n) is 2.67. The molecule has 1 atom stereocenters. The number of carboxylic acid groups (broad SMARTS) is 1. The normalized spacial score (nSPS) is 12.9. The van der Waals surface area contributed by atoms with Gasteiger partial charge in [-0.05, 0) is 11.6 Å². The van der Waals surface area contributed by atoms with Gasteiger partial charge in [0.15, 0.2) is 0 Å². The van der Waals surface area contributed by atoms with Crippen LogP contribution in [0, 0.1) is 0 Å². The second-order valence-corrected chi connectivity index (χ2v) is 3.53. The fraction of sp³-hybridized carbons (Fsp3) is 0.222. The van der Waals surface area contributed by atoms with E-state index in [-0.39, 0.29) is 5.56 Å². The molecule has 14 heavy (non-hydrogen) atoms. The topological polar surface area (TPSA) is 37.3 Å². The molecule has 1 unspecified atom stereocenters. The van der Waals surface area contributed by atoms with Crippen molar-refractivity contribution in [1.82, 2.24) is 0 Å². The standard InChI is InChI=1S/C9H7BrF2O2/c10-6-4-2-1-3-5(6)7(8(11)12)9(13)14/h1-4,7-8H,(H,13,14). The molecule has 0 aliphatic heterocycles. The van der Waals surface area contributed by atoms with Gasteiger partial charge in [0.25, 0.3) is 6.43 Å². The van der Waals surface area contributed by atoms with Gasteiger partial charge in [0, 0.05) is 4.47 Å². The zero-order valence-electron chi connectivity index (χ0n) is 6.95. The number of aliphatic carboxylic acids is 1. The first-order valence-corrected chi connectivity index (χ1v) is 4.58. The molecule has 0 aliphatic rings. The van der Waals surface area contributed by atoms with Crippen molar-refractivity contribution in [3.8, 4) is 0 Å². The molecule has 0 heterocycles. The van der Waals surface area contributed by atoms with Crippen molar-refractivity contribution in [2.24, 2.45) is 0 Å². The van der Waals surface area contributed by atoms with Crippen LogP contribution in [0.5, 0.6) is 0 Å². The first kappa shape index (κ1) is 11.1. The Kier molecular flexibility index (Phi) is 3.57. The molecule has 0 fully saturated rings. The van der Waals surface area contributed by atoms with Crippen LogP contribution in [-0.2, 0) is 4.79 Å². The van der Waals surface area contributed by atoms with Crippen LogP contribution in [0.2, 0.25) is 0 Å². The van der Waals surface area contributed by atoms with E-state index in [1.165, 1.54) is 18.2 Å². The van der Waals surface area contributed by atoms with E-state index >= 15 is 0 Å². The summed E-state index contributed by atoms with van der Waals surface area (Å²) in [5, 5.41) is 8.62. The third-order valence-electron chi connectivity index (χ3n) is 1.76. The molecule has 1 aromatic rings. The van der Waals surface area contributed by atoms with E-state index in [2.05, 4.69) is 15.9 Å². The monoisotopic (exact) mass is 264 g/mol. The highest BCUT2D eigenvalue weighted by Crippen LogP contribution is 2.29. The number of benzene rings is 1. The van der Waals surface area contributed by atoms with Crippen LogP contribution in [0.1, 0.15) is 11.5 Å². The van der Waals surface area contributed by atoms with Crippen LogP contribution in [0.25, 0.3) is 0 Å². The third-order valence-corrected chi connectivity index (χ3v) is 2.48. The van der Waals surface area contributed by atoms with Crippen molar-refractivity contribution in [3.63, 3.8) is 0 Å². The van der Waals surface area contributed by atoms with Crippen LogP contribution in [0.4, 0.5) is 8.78 Å². The quantitative estimate of drug-likeness (QED) is 0.912. The summed E-state index contributed by atoms with van der Waals surface area (Å²) >= 11 is 3.04. The highest BCUT2D eigenvalue weighted by molar-refractivity contribution is 9.10. The molecule has 0 saturated heterocycles. The average molecular weight is 265 g/mol. The molecular formula is C9H7BrF2O2. The van der Waals surface area contributed by atoms with E-state index in [0.29, 0.717) is 4.47 Å². The summed E-state index contributed by atoms with van der Waals surface area (Å²) in [7, 11) is 0. The molecule has 0 radical (unpaired) electrons. The molecule has 0 bridgehead atoms. The molecule has 0 spiro atoms. The van der Waals surface area contributed by atoms with Gasteiger partial charge in [-0.3, -0.25) is 4.79 Å². The van der Waals surface area contributed by atoms with Crippen LogP contribution < -0.4 is 0 Å². The largest absolute Gasteiger partial charge is 0.481 e. The summed E-state index contributed by atoms with van der Waals surface area (Å²) in [6.45, 7) is 0. The van der Waals surface area contributed by atoms with Gasteiger partial charge < -0.3 is 5.11 Å². The van der Waals surface area contributed by atoms with Gasteiger partial charge in [-0.25, -0.2) is 8.78 Å². The molecular weight excluding hydrogens is 258 g/mol. The minimum atomic E-state index is -2.91. The summed E-state index contributed by atoms with van der Waals surface area (Å²) in [6, 6.07) is 6.07. The summed E-state index contributed by atoms with van der Waals surface area (Å²) in [4.78, 5) is 10.6. The lowest BCUT2D eigenvalue weighted by atomic mass is 10.0. The van der Waals surface area contributed by atoms with Gasteiger partial charge in [-0.15, -0.1) is 0 Å². The van der Waals surface area contributed by atoms with Crippen molar-refractivity contribution >= 4 is 21.9 Å². The van der Waals surface area contributed by atoms with Crippen LogP contribution in [0.15, 0.2) is 28.7 Å². The van der Waals surface area contributed by atoms with E-state index < -0.39 is 18.3 Å². The Labute approximate surface area is 87.7 Å². The molecule has 0 aromatic heterocycles. The number of rotatable bonds is 3. The molecule has 1 aromatic carbocycles. The summed E-state index contributed by atoms with van der Waals surface area (Å²) in [5.41, 5.74) is 0.0926. The Bertz CT molecular complexity index is 341. The van der Waals surface area contributed by atoms with E-state index in [1.807, 2.05) is 0 Å². The molecule has 0 aliphatic carbocycles. The Morgan fingerprint density at radius 2 is 1.93 bits per heavy atom. The maximum atomic E-state index is 12.4. The fourth-order valence-corrected chi connectivity index (χ4v) is 1.64. The summed E-state index contributed by atoms with van der Waals surface area (Å²) in [5.74, 6) is -3.29. The van der Waals surface area contributed by atoms with Crippen molar-refractivity contribution < 1.29 is 18.7 Å². The number of alkyl halides is 2. The van der Waals surface area contributed by atoms with Crippen molar-refractivity contribution in [1.29, 1.82) is 0 Å². The molecule has 2 nitrogen and oxygen atoms in total. The summed E-state index contributed by atoms with van der Waals surface area (Å²) < 4.78 is 25.2. The zero-order valence-corrected chi connectivity index (χ0v) is 8.54. The van der Waals surface area contributed by atoms with E-state index in [4.69, 9.17) is 5.11 Å². The first-order valence-electron chi connectivity index (χ1n) is 3.79. The lowest BCUT2D eigenvalue weighted by Gasteiger charge is -2.12. The Morgan fingerprint density at radius 1 is 1.36 bits per heavy atom. The highest BCUT2D eigenvalue weighted by atomic mass is 79.9. The van der Waals surface area contributed by atoms with Crippen molar-refractivity contribution in [2.45, 2.75) is 12.3 Å². The SMILES string of the molecule is O=C(O)C(c1ccccc1Br)C(F)F. The van der Waals surface area contributed by atoms with Gasteiger partial charge >= 0.3 is 5.97 Å². The molecule has 76 valence electrons. The fourth-order valence-electron chi connectivity index (χ4n) is 1.10. The third kappa shape index (κ3) is 2.29. The van der Waals surface area contributed by atoms with E-state index in [9.17, 15) is 13.6 Å². The predicted octanol–water partition coefficient (Wildman–Crippen LogP) is 2.88. The lowest BCUT2D eigenvalue weighted by Crippen LogP contribution is -2.19. The first-order chi connectivity index (χ1) is 6.54. The minimum Gasteiger partial charge on any atom is -0.481 e. The molecule has 5 heteroatoms. The number of hydrogen-bond acceptors (Lipinski definition) is 1. The Balaban J connectivity index is 3.12. The van der Waals surface area contributed by atoms with Gasteiger partial charge in [0.05, 0.1) is 0 Å². The Morgan fingerprint density at radius 3 is 2.36 bits per heavy atom. The van der Waals surface area contributed by atoms with Crippen LogP contribution in [0.3, 0.4) is 0 Å². The summed E-state index contributed by atoms with van der Waals surface area (Å²) in [6.07, 6.45) is -2.91. The molecule has 1 rings (SSSR count).